The maximum absolute atomic E-state index is 6.09. The van der Waals surface area contributed by atoms with Crippen molar-refractivity contribution in [1.29, 1.82) is 0 Å². The normalized spacial score (nSPS) is 30.0. The van der Waals surface area contributed by atoms with Gasteiger partial charge in [-0.1, -0.05) is 32.6 Å². The van der Waals surface area contributed by atoms with E-state index in [0.29, 0.717) is 12.1 Å². The highest BCUT2D eigenvalue weighted by atomic mass is 16.5. The lowest BCUT2D eigenvalue weighted by Crippen LogP contribution is -2.53. The van der Waals surface area contributed by atoms with Crippen LogP contribution in [-0.4, -0.2) is 43.3 Å². The van der Waals surface area contributed by atoms with E-state index in [9.17, 15) is 0 Å². The van der Waals surface area contributed by atoms with Crippen LogP contribution in [0.5, 0.6) is 0 Å². The lowest BCUT2D eigenvalue weighted by molar-refractivity contribution is -0.0525. The summed E-state index contributed by atoms with van der Waals surface area (Å²) in [5.74, 6) is 0.827. The average molecular weight is 254 g/mol. The van der Waals surface area contributed by atoms with Gasteiger partial charge in [0.05, 0.1) is 12.7 Å². The van der Waals surface area contributed by atoms with Crippen molar-refractivity contribution in [3.8, 4) is 0 Å². The number of nitrogens with two attached hydrogens (primary N) is 1. The Balaban J connectivity index is 1.93. The van der Waals surface area contributed by atoms with Gasteiger partial charge in [-0.25, -0.2) is 0 Å². The molecule has 3 heteroatoms. The Morgan fingerprint density at radius 2 is 1.94 bits per heavy atom. The van der Waals surface area contributed by atoms with Crippen LogP contribution in [0.3, 0.4) is 0 Å². The summed E-state index contributed by atoms with van der Waals surface area (Å²) in [4.78, 5) is 2.62. The quantitative estimate of drug-likeness (QED) is 0.783. The Kier molecular flexibility index (Phi) is 5.93. The van der Waals surface area contributed by atoms with E-state index in [1.807, 2.05) is 0 Å². The van der Waals surface area contributed by atoms with Gasteiger partial charge >= 0.3 is 0 Å². The number of rotatable bonds is 4. The summed E-state index contributed by atoms with van der Waals surface area (Å²) in [7, 11) is 0. The average Bonchev–Trinajstić information content (AvgIpc) is 2.69. The second-order valence-corrected chi connectivity index (χ2v) is 5.95. The van der Waals surface area contributed by atoms with Gasteiger partial charge in [-0.05, 0) is 25.2 Å². The Hall–Kier alpha value is -0.120. The van der Waals surface area contributed by atoms with Crippen molar-refractivity contribution in [2.45, 2.75) is 64.0 Å². The molecule has 2 aliphatic rings. The SMILES string of the molecule is CCC1CN(C(CN)C2CCCCCC2)CCO1. The summed E-state index contributed by atoms with van der Waals surface area (Å²) in [6.07, 6.45) is 9.98. The molecule has 0 amide bonds. The van der Waals surface area contributed by atoms with Gasteiger partial charge in [-0.15, -0.1) is 0 Å². The second-order valence-electron chi connectivity index (χ2n) is 5.95. The molecule has 0 spiro atoms. The molecule has 1 aliphatic heterocycles. The molecule has 0 aromatic rings. The first kappa shape index (κ1) is 14.3. The molecule has 1 heterocycles. The van der Waals surface area contributed by atoms with Crippen LogP contribution in [0, 0.1) is 5.92 Å². The number of ether oxygens (including phenoxy) is 1. The standard InChI is InChI=1S/C15H30N2O/c1-2-14-12-17(9-10-18-14)15(11-16)13-7-5-3-4-6-8-13/h13-15H,2-12,16H2,1H3. The zero-order valence-corrected chi connectivity index (χ0v) is 11.9. The van der Waals surface area contributed by atoms with Crippen molar-refractivity contribution in [3.05, 3.63) is 0 Å². The summed E-state index contributed by atoms with van der Waals surface area (Å²) in [5.41, 5.74) is 6.09. The molecule has 2 unspecified atom stereocenters. The highest BCUT2D eigenvalue weighted by Gasteiger charge is 2.30. The van der Waals surface area contributed by atoms with E-state index < -0.39 is 0 Å². The zero-order valence-electron chi connectivity index (χ0n) is 11.9. The molecule has 1 saturated carbocycles. The molecule has 2 rings (SSSR count). The largest absolute Gasteiger partial charge is 0.376 e. The van der Waals surface area contributed by atoms with E-state index in [1.54, 1.807) is 0 Å². The predicted molar refractivity (Wildman–Crippen MR) is 75.6 cm³/mol. The molecular formula is C15H30N2O. The van der Waals surface area contributed by atoms with Crippen LogP contribution in [-0.2, 0) is 4.74 Å². The van der Waals surface area contributed by atoms with Crippen LogP contribution in [0.15, 0.2) is 0 Å². The zero-order chi connectivity index (χ0) is 12.8. The highest BCUT2D eigenvalue weighted by molar-refractivity contribution is 4.85. The first-order valence-electron chi connectivity index (χ1n) is 7.90. The minimum atomic E-state index is 0.429. The maximum Gasteiger partial charge on any atom is 0.0700 e. The van der Waals surface area contributed by atoms with E-state index in [2.05, 4.69) is 11.8 Å². The first-order chi connectivity index (χ1) is 8.85. The molecule has 2 N–H and O–H groups in total. The van der Waals surface area contributed by atoms with Gasteiger partial charge in [-0.2, -0.15) is 0 Å². The van der Waals surface area contributed by atoms with E-state index in [0.717, 1.165) is 38.6 Å². The van der Waals surface area contributed by atoms with Crippen LogP contribution >= 0.6 is 0 Å². The fourth-order valence-electron chi connectivity index (χ4n) is 3.63. The van der Waals surface area contributed by atoms with Crippen molar-refractivity contribution in [2.75, 3.05) is 26.2 Å². The van der Waals surface area contributed by atoms with Gasteiger partial charge in [0.1, 0.15) is 0 Å². The molecule has 1 aliphatic carbocycles. The topological polar surface area (TPSA) is 38.5 Å². The fourth-order valence-corrected chi connectivity index (χ4v) is 3.63. The number of hydrogen-bond acceptors (Lipinski definition) is 3. The lowest BCUT2D eigenvalue weighted by Gasteiger charge is -2.41. The second kappa shape index (κ2) is 7.46. The molecule has 3 nitrogen and oxygen atoms in total. The van der Waals surface area contributed by atoms with Crippen molar-refractivity contribution < 1.29 is 4.74 Å². The lowest BCUT2D eigenvalue weighted by atomic mass is 9.90. The summed E-state index contributed by atoms with van der Waals surface area (Å²) in [6, 6.07) is 0.598. The molecule has 0 aromatic heterocycles. The first-order valence-corrected chi connectivity index (χ1v) is 7.90. The smallest absolute Gasteiger partial charge is 0.0700 e. The molecular weight excluding hydrogens is 224 g/mol. The van der Waals surface area contributed by atoms with Gasteiger partial charge in [0, 0.05) is 25.7 Å². The van der Waals surface area contributed by atoms with Crippen molar-refractivity contribution in [1.82, 2.24) is 4.90 Å². The molecule has 0 bridgehead atoms. The molecule has 0 radical (unpaired) electrons. The molecule has 106 valence electrons. The number of hydrogen-bond donors (Lipinski definition) is 1. The van der Waals surface area contributed by atoms with Crippen LogP contribution in [0.1, 0.15) is 51.9 Å². The van der Waals surface area contributed by atoms with Gasteiger partial charge < -0.3 is 10.5 Å². The summed E-state index contributed by atoms with van der Waals surface area (Å²) >= 11 is 0. The molecule has 18 heavy (non-hydrogen) atoms. The fraction of sp³-hybridized carbons (Fsp3) is 1.00. The third-order valence-electron chi connectivity index (χ3n) is 4.78. The van der Waals surface area contributed by atoms with Gasteiger partial charge in [0.25, 0.3) is 0 Å². The summed E-state index contributed by atoms with van der Waals surface area (Å²) in [5, 5.41) is 0. The van der Waals surface area contributed by atoms with Crippen LogP contribution in [0.25, 0.3) is 0 Å². The van der Waals surface area contributed by atoms with E-state index in [1.165, 1.54) is 38.5 Å². The minimum absolute atomic E-state index is 0.429. The van der Waals surface area contributed by atoms with Crippen molar-refractivity contribution >= 4 is 0 Å². The number of morpholine rings is 1. The summed E-state index contributed by atoms with van der Waals surface area (Å²) < 4.78 is 5.78. The molecule has 2 atom stereocenters. The Bertz CT molecular complexity index is 227. The van der Waals surface area contributed by atoms with Gasteiger partial charge in [-0.3, -0.25) is 4.90 Å². The molecule has 0 aromatic carbocycles. The van der Waals surface area contributed by atoms with Crippen LogP contribution in [0.2, 0.25) is 0 Å². The molecule has 1 saturated heterocycles. The van der Waals surface area contributed by atoms with Crippen molar-refractivity contribution in [3.63, 3.8) is 0 Å². The van der Waals surface area contributed by atoms with Gasteiger partial charge in [0.15, 0.2) is 0 Å². The maximum atomic E-state index is 6.09. The predicted octanol–water partition coefficient (Wildman–Crippen LogP) is 2.39. The summed E-state index contributed by atoms with van der Waals surface area (Å²) in [6.45, 7) is 6.10. The third-order valence-corrected chi connectivity index (χ3v) is 4.78. The monoisotopic (exact) mass is 254 g/mol. The van der Waals surface area contributed by atoms with Crippen molar-refractivity contribution in [2.24, 2.45) is 11.7 Å². The van der Waals surface area contributed by atoms with E-state index in [4.69, 9.17) is 10.5 Å². The Morgan fingerprint density at radius 3 is 2.56 bits per heavy atom. The third kappa shape index (κ3) is 3.69. The minimum Gasteiger partial charge on any atom is -0.376 e. The molecule has 2 fully saturated rings. The van der Waals surface area contributed by atoms with Gasteiger partial charge in [0.2, 0.25) is 0 Å². The highest BCUT2D eigenvalue weighted by Crippen LogP contribution is 2.28. The van der Waals surface area contributed by atoms with E-state index >= 15 is 0 Å². The number of nitrogens with zero attached hydrogens (tertiary/aromatic N) is 1. The Morgan fingerprint density at radius 1 is 1.22 bits per heavy atom. The Labute approximate surface area is 112 Å². The van der Waals surface area contributed by atoms with E-state index in [-0.39, 0.29) is 0 Å². The van der Waals surface area contributed by atoms with Crippen LogP contribution < -0.4 is 5.73 Å². The van der Waals surface area contributed by atoms with Crippen LogP contribution in [0.4, 0.5) is 0 Å².